The number of rotatable bonds is 6. The molecule has 2 rings (SSSR count). The molecule has 1 aromatic rings. The molecule has 7 heteroatoms. The summed E-state index contributed by atoms with van der Waals surface area (Å²) in [6.45, 7) is 1.22. The van der Waals surface area contributed by atoms with E-state index in [1.807, 2.05) is 0 Å². The summed E-state index contributed by atoms with van der Waals surface area (Å²) in [4.78, 5) is 24.8. The number of benzene rings is 1. The highest BCUT2D eigenvalue weighted by Gasteiger charge is 2.36. The van der Waals surface area contributed by atoms with Gasteiger partial charge in [0, 0.05) is 13.7 Å². The number of fused-ring (bicyclic) bond motifs is 1. The molecule has 0 aliphatic carbocycles. The van der Waals surface area contributed by atoms with E-state index in [9.17, 15) is 14.0 Å². The van der Waals surface area contributed by atoms with Crippen molar-refractivity contribution in [2.24, 2.45) is 0 Å². The largest absolute Gasteiger partial charge is 0.382 e. The van der Waals surface area contributed by atoms with E-state index in [2.05, 4.69) is 0 Å². The van der Waals surface area contributed by atoms with Crippen LogP contribution < -0.4 is 4.90 Å². The van der Waals surface area contributed by atoms with Crippen molar-refractivity contribution in [1.29, 1.82) is 0 Å². The van der Waals surface area contributed by atoms with Gasteiger partial charge in [0.15, 0.2) is 0 Å². The Morgan fingerprint density at radius 3 is 2.70 bits per heavy atom. The van der Waals surface area contributed by atoms with Gasteiger partial charge in [0.25, 0.3) is 11.7 Å². The summed E-state index contributed by atoms with van der Waals surface area (Å²) >= 11 is 5.62. The Hall–Kier alpha value is -1.50. The van der Waals surface area contributed by atoms with E-state index in [0.29, 0.717) is 13.2 Å². The van der Waals surface area contributed by atoms with Gasteiger partial charge >= 0.3 is 0 Å². The van der Waals surface area contributed by atoms with E-state index in [4.69, 9.17) is 21.1 Å². The van der Waals surface area contributed by atoms with Crippen molar-refractivity contribution >= 4 is 29.0 Å². The second-order valence-corrected chi connectivity index (χ2v) is 4.58. The highest BCUT2D eigenvalue weighted by Crippen LogP contribution is 2.32. The lowest BCUT2D eigenvalue weighted by Crippen LogP contribution is -2.33. The molecule has 0 saturated heterocycles. The number of anilines is 1. The Bertz CT molecular complexity index is 549. The third-order valence-electron chi connectivity index (χ3n) is 2.90. The topological polar surface area (TPSA) is 55.8 Å². The SMILES string of the molecule is COCCOCCN1C(=O)C(=O)c2cc(Cl)c(F)cc21. The number of hydrogen-bond acceptors (Lipinski definition) is 4. The third kappa shape index (κ3) is 2.82. The highest BCUT2D eigenvalue weighted by atomic mass is 35.5. The maximum atomic E-state index is 13.5. The van der Waals surface area contributed by atoms with Crippen LogP contribution in [0.1, 0.15) is 10.4 Å². The molecule has 20 heavy (non-hydrogen) atoms. The zero-order chi connectivity index (χ0) is 14.7. The number of nitrogens with zero attached hydrogens (tertiary/aromatic N) is 1. The fourth-order valence-electron chi connectivity index (χ4n) is 1.91. The monoisotopic (exact) mass is 301 g/mol. The summed E-state index contributed by atoms with van der Waals surface area (Å²) in [5.41, 5.74) is 0.357. The molecule has 0 saturated carbocycles. The van der Waals surface area contributed by atoms with Crippen molar-refractivity contribution in [2.45, 2.75) is 0 Å². The van der Waals surface area contributed by atoms with Gasteiger partial charge in [-0.15, -0.1) is 0 Å². The van der Waals surface area contributed by atoms with Gasteiger partial charge in [-0.05, 0) is 12.1 Å². The lowest BCUT2D eigenvalue weighted by atomic mass is 10.1. The summed E-state index contributed by atoms with van der Waals surface area (Å²) in [5.74, 6) is -2.05. The average molecular weight is 302 g/mol. The first-order chi connectivity index (χ1) is 9.56. The predicted octanol–water partition coefficient (Wildman–Crippen LogP) is 1.67. The lowest BCUT2D eigenvalue weighted by molar-refractivity contribution is -0.114. The first-order valence-electron chi connectivity index (χ1n) is 5.98. The minimum absolute atomic E-state index is 0.123. The molecule has 1 heterocycles. The van der Waals surface area contributed by atoms with Gasteiger partial charge in [-0.2, -0.15) is 0 Å². The standard InChI is InChI=1S/C13H13ClFNO4/c1-19-4-5-20-3-2-16-11-7-10(15)9(14)6-8(11)12(17)13(16)18/h6-7H,2-5H2,1H3. The van der Waals surface area contributed by atoms with Crippen LogP contribution in [0.4, 0.5) is 10.1 Å². The van der Waals surface area contributed by atoms with Crippen LogP contribution in [-0.4, -0.2) is 45.2 Å². The van der Waals surface area contributed by atoms with Crippen molar-refractivity contribution in [1.82, 2.24) is 0 Å². The summed E-state index contributed by atoms with van der Waals surface area (Å²) in [5, 5.41) is -0.178. The maximum Gasteiger partial charge on any atom is 0.299 e. The number of carbonyl (C=O) groups is 2. The van der Waals surface area contributed by atoms with E-state index >= 15 is 0 Å². The predicted molar refractivity (Wildman–Crippen MR) is 70.8 cm³/mol. The summed E-state index contributed by atoms with van der Waals surface area (Å²) < 4.78 is 23.5. The van der Waals surface area contributed by atoms with Crippen LogP contribution in [0.15, 0.2) is 12.1 Å². The zero-order valence-corrected chi connectivity index (χ0v) is 11.6. The van der Waals surface area contributed by atoms with Gasteiger partial charge in [-0.3, -0.25) is 9.59 Å². The van der Waals surface area contributed by atoms with Crippen molar-refractivity contribution in [3.05, 3.63) is 28.5 Å². The van der Waals surface area contributed by atoms with Crippen LogP contribution >= 0.6 is 11.6 Å². The summed E-state index contributed by atoms with van der Waals surface area (Å²) in [6, 6.07) is 2.27. The van der Waals surface area contributed by atoms with Crippen molar-refractivity contribution in [3.63, 3.8) is 0 Å². The number of amides is 1. The summed E-state index contributed by atoms with van der Waals surface area (Å²) in [7, 11) is 1.55. The number of ketones is 1. The Balaban J connectivity index is 2.10. The smallest absolute Gasteiger partial charge is 0.299 e. The van der Waals surface area contributed by atoms with E-state index in [1.54, 1.807) is 7.11 Å². The molecule has 0 atom stereocenters. The second-order valence-electron chi connectivity index (χ2n) is 4.17. The lowest BCUT2D eigenvalue weighted by Gasteiger charge is -2.16. The normalized spacial score (nSPS) is 14.1. The molecular weight excluding hydrogens is 289 g/mol. The molecule has 108 valence electrons. The highest BCUT2D eigenvalue weighted by molar-refractivity contribution is 6.52. The third-order valence-corrected chi connectivity index (χ3v) is 3.19. The maximum absolute atomic E-state index is 13.5. The van der Waals surface area contributed by atoms with Gasteiger partial charge in [-0.25, -0.2) is 4.39 Å². The zero-order valence-electron chi connectivity index (χ0n) is 10.8. The Kier molecular flexibility index (Phi) is 4.69. The number of halogens is 2. The molecule has 5 nitrogen and oxygen atoms in total. The van der Waals surface area contributed by atoms with E-state index in [0.717, 1.165) is 6.07 Å². The number of hydrogen-bond donors (Lipinski definition) is 0. The molecule has 0 N–H and O–H groups in total. The molecule has 0 aromatic heterocycles. The molecule has 0 bridgehead atoms. The quantitative estimate of drug-likeness (QED) is 0.592. The van der Waals surface area contributed by atoms with Crippen LogP contribution in [0, 0.1) is 5.82 Å². The fourth-order valence-corrected chi connectivity index (χ4v) is 2.07. The second kappa shape index (κ2) is 6.30. The number of carbonyl (C=O) groups excluding carboxylic acids is 2. The van der Waals surface area contributed by atoms with Crippen molar-refractivity contribution in [2.75, 3.05) is 38.4 Å². The van der Waals surface area contributed by atoms with E-state index in [1.165, 1.54) is 11.0 Å². The van der Waals surface area contributed by atoms with Crippen LogP contribution in [-0.2, 0) is 14.3 Å². The van der Waals surface area contributed by atoms with E-state index in [-0.39, 0.29) is 29.4 Å². The van der Waals surface area contributed by atoms with Gasteiger partial charge in [-0.1, -0.05) is 11.6 Å². The van der Waals surface area contributed by atoms with Crippen LogP contribution in [0.3, 0.4) is 0 Å². The number of Topliss-reactive ketones (excluding diaryl/α,β-unsaturated/α-hetero) is 1. The first kappa shape index (κ1) is 14.9. The van der Waals surface area contributed by atoms with Crippen LogP contribution in [0.25, 0.3) is 0 Å². The summed E-state index contributed by atoms with van der Waals surface area (Å²) in [6.07, 6.45) is 0. The number of methoxy groups -OCH3 is 1. The molecular formula is C13H13ClFNO4. The van der Waals surface area contributed by atoms with Crippen LogP contribution in [0.2, 0.25) is 5.02 Å². The van der Waals surface area contributed by atoms with Crippen molar-refractivity contribution in [3.8, 4) is 0 Å². The molecule has 1 aliphatic heterocycles. The van der Waals surface area contributed by atoms with E-state index < -0.39 is 17.5 Å². The fraction of sp³-hybridized carbons (Fsp3) is 0.385. The average Bonchev–Trinajstić information content (AvgIpc) is 2.64. The molecule has 0 spiro atoms. The molecule has 1 aliphatic rings. The molecule has 1 aromatic carbocycles. The van der Waals surface area contributed by atoms with Crippen LogP contribution in [0.5, 0.6) is 0 Å². The first-order valence-corrected chi connectivity index (χ1v) is 6.36. The minimum atomic E-state index is -0.697. The minimum Gasteiger partial charge on any atom is -0.382 e. The van der Waals surface area contributed by atoms with Gasteiger partial charge in [0.05, 0.1) is 36.1 Å². The Morgan fingerprint density at radius 1 is 1.25 bits per heavy atom. The van der Waals surface area contributed by atoms with Gasteiger partial charge < -0.3 is 14.4 Å². The molecule has 0 unspecified atom stereocenters. The van der Waals surface area contributed by atoms with Gasteiger partial charge in [0.1, 0.15) is 5.82 Å². The Labute approximate surface area is 120 Å². The molecule has 1 amide bonds. The van der Waals surface area contributed by atoms with Gasteiger partial charge in [0.2, 0.25) is 0 Å². The number of ether oxygens (including phenoxy) is 2. The molecule has 0 fully saturated rings. The Morgan fingerprint density at radius 2 is 2.00 bits per heavy atom. The van der Waals surface area contributed by atoms with Crippen molar-refractivity contribution < 1.29 is 23.5 Å². The molecule has 0 radical (unpaired) electrons.